The molecular formula is C22H23F3O3. The lowest BCUT2D eigenvalue weighted by atomic mass is 10.0. The number of hydrogen-bond acceptors (Lipinski definition) is 3. The molecular weight excluding hydrogens is 369 g/mol. The van der Waals surface area contributed by atoms with Gasteiger partial charge in [-0.3, -0.25) is 4.39 Å². The third-order valence-corrected chi connectivity index (χ3v) is 4.25. The molecule has 0 atom stereocenters. The van der Waals surface area contributed by atoms with E-state index in [2.05, 4.69) is 4.94 Å². The van der Waals surface area contributed by atoms with Crippen molar-refractivity contribution in [1.29, 1.82) is 0 Å². The molecule has 0 fully saturated rings. The normalized spacial score (nSPS) is 11.7. The Kier molecular flexibility index (Phi) is 9.11. The summed E-state index contributed by atoms with van der Waals surface area (Å²) in [5, 5.41) is 0. The van der Waals surface area contributed by atoms with Crippen LogP contribution in [-0.4, -0.2) is 19.3 Å². The number of hydrogen-bond donors (Lipinski definition) is 0. The number of benzene rings is 2. The number of allylic oxidation sites excluding steroid dienone is 1. The maximum absolute atomic E-state index is 13.6. The van der Waals surface area contributed by atoms with Crippen molar-refractivity contribution >= 4 is 11.5 Å². The van der Waals surface area contributed by atoms with Gasteiger partial charge in [0.2, 0.25) is 0 Å². The van der Waals surface area contributed by atoms with Crippen LogP contribution in [0.3, 0.4) is 0 Å². The van der Waals surface area contributed by atoms with Crippen LogP contribution in [0.5, 0.6) is 5.75 Å². The smallest absolute Gasteiger partial charge is 0.383 e. The van der Waals surface area contributed by atoms with Gasteiger partial charge in [0, 0.05) is 4.53 Å². The number of carbonyl (C=O) groups is 1. The SMILES string of the molecule is O=C(OF)C(=C(CF)Oc1ccc(CCCCCCF)cc1)c1ccccc1. The molecule has 0 aromatic heterocycles. The van der Waals surface area contributed by atoms with Crippen LogP contribution in [0.15, 0.2) is 60.4 Å². The second-order valence-corrected chi connectivity index (χ2v) is 6.26. The van der Waals surface area contributed by atoms with Gasteiger partial charge in [-0.05, 0) is 42.5 Å². The number of rotatable bonds is 11. The van der Waals surface area contributed by atoms with Crippen LogP contribution >= 0.6 is 0 Å². The van der Waals surface area contributed by atoms with Crippen LogP contribution in [0.25, 0.3) is 5.57 Å². The number of alkyl halides is 2. The van der Waals surface area contributed by atoms with Gasteiger partial charge in [0.1, 0.15) is 18.0 Å². The Bertz CT molecular complexity index is 758. The summed E-state index contributed by atoms with van der Waals surface area (Å²) in [6.07, 6.45) is 4.23. The molecule has 0 aliphatic heterocycles. The van der Waals surface area contributed by atoms with Gasteiger partial charge in [-0.15, -0.1) is 0 Å². The standard InChI is InChI=1S/C22H23F3O3/c23-15-7-2-1-4-8-17-11-13-19(14-12-17)27-20(16-24)21(22(26)28-25)18-9-5-3-6-10-18/h3,5-6,9-14H,1-2,4,7-8,15-16H2. The molecule has 28 heavy (non-hydrogen) atoms. The molecule has 0 aliphatic rings. The summed E-state index contributed by atoms with van der Waals surface area (Å²) < 4.78 is 43.7. The minimum atomic E-state index is -1.32. The van der Waals surface area contributed by atoms with Crippen LogP contribution in [0, 0.1) is 0 Å². The van der Waals surface area contributed by atoms with Crippen LogP contribution in [0.4, 0.5) is 13.3 Å². The molecule has 0 amide bonds. The Morgan fingerprint density at radius 3 is 2.14 bits per heavy atom. The second kappa shape index (κ2) is 11.8. The van der Waals surface area contributed by atoms with E-state index in [1.807, 2.05) is 12.1 Å². The topological polar surface area (TPSA) is 35.5 Å². The molecule has 150 valence electrons. The summed E-state index contributed by atoms with van der Waals surface area (Å²) in [5.41, 5.74) is 1.06. The summed E-state index contributed by atoms with van der Waals surface area (Å²) in [7, 11) is 0. The van der Waals surface area contributed by atoms with E-state index in [4.69, 9.17) is 4.74 Å². The van der Waals surface area contributed by atoms with Crippen LogP contribution in [0.1, 0.15) is 36.8 Å². The molecule has 0 N–H and O–H groups in total. The molecule has 0 bridgehead atoms. The maximum atomic E-state index is 13.6. The van der Waals surface area contributed by atoms with Gasteiger partial charge >= 0.3 is 5.97 Å². The molecule has 2 aromatic rings. The Morgan fingerprint density at radius 2 is 1.54 bits per heavy atom. The molecule has 3 nitrogen and oxygen atoms in total. The molecule has 2 rings (SSSR count). The van der Waals surface area contributed by atoms with E-state index in [0.717, 1.165) is 31.2 Å². The highest BCUT2D eigenvalue weighted by atomic mass is 19.3. The first-order valence-corrected chi connectivity index (χ1v) is 9.19. The average Bonchev–Trinajstić information content (AvgIpc) is 2.74. The van der Waals surface area contributed by atoms with Gasteiger partial charge in [0.05, 0.1) is 6.67 Å². The molecule has 0 aliphatic carbocycles. The van der Waals surface area contributed by atoms with Crippen molar-refractivity contribution in [3.05, 3.63) is 71.5 Å². The monoisotopic (exact) mass is 392 g/mol. The molecule has 0 saturated carbocycles. The van der Waals surface area contributed by atoms with E-state index in [9.17, 15) is 18.1 Å². The van der Waals surface area contributed by atoms with E-state index < -0.39 is 12.6 Å². The predicted octanol–water partition coefficient (Wildman–Crippen LogP) is 5.95. The van der Waals surface area contributed by atoms with E-state index in [0.29, 0.717) is 17.7 Å². The maximum Gasteiger partial charge on any atom is 0.383 e. The fourth-order valence-electron chi connectivity index (χ4n) is 2.82. The first kappa shape index (κ1) is 21.5. The summed E-state index contributed by atoms with van der Waals surface area (Å²) in [6.45, 7) is -1.38. The van der Waals surface area contributed by atoms with Crippen LogP contribution in [0.2, 0.25) is 0 Å². The van der Waals surface area contributed by atoms with Crippen molar-refractivity contribution in [2.75, 3.05) is 13.3 Å². The highest BCUT2D eigenvalue weighted by Crippen LogP contribution is 2.25. The van der Waals surface area contributed by atoms with Crippen LogP contribution < -0.4 is 4.74 Å². The van der Waals surface area contributed by atoms with Crippen molar-refractivity contribution in [3.63, 3.8) is 0 Å². The Hall–Kier alpha value is -2.76. The Morgan fingerprint density at radius 1 is 0.857 bits per heavy atom. The fourth-order valence-corrected chi connectivity index (χ4v) is 2.82. The van der Waals surface area contributed by atoms with E-state index >= 15 is 0 Å². The van der Waals surface area contributed by atoms with E-state index in [1.165, 1.54) is 12.1 Å². The predicted molar refractivity (Wildman–Crippen MR) is 102 cm³/mol. The summed E-state index contributed by atoms with van der Waals surface area (Å²) in [5.74, 6) is -1.31. The molecule has 0 unspecified atom stereocenters. The number of halogens is 3. The number of aryl methyl sites for hydroxylation is 1. The highest BCUT2D eigenvalue weighted by Gasteiger charge is 2.22. The second-order valence-electron chi connectivity index (χ2n) is 6.26. The van der Waals surface area contributed by atoms with Crippen molar-refractivity contribution in [2.45, 2.75) is 32.1 Å². The van der Waals surface area contributed by atoms with Crippen molar-refractivity contribution in [1.82, 2.24) is 0 Å². The molecule has 0 saturated heterocycles. The minimum absolute atomic E-state index is 0.280. The number of carbonyl (C=O) groups excluding carboxylic acids is 1. The van der Waals surface area contributed by atoms with Gasteiger partial charge in [0.15, 0.2) is 5.76 Å². The molecule has 0 spiro atoms. The lowest BCUT2D eigenvalue weighted by Crippen LogP contribution is -2.11. The van der Waals surface area contributed by atoms with E-state index in [1.54, 1.807) is 30.3 Å². The van der Waals surface area contributed by atoms with Crippen LogP contribution in [-0.2, 0) is 16.2 Å². The number of ether oxygens (including phenoxy) is 1. The molecule has 0 heterocycles. The first-order chi connectivity index (χ1) is 13.7. The zero-order valence-electron chi connectivity index (χ0n) is 15.5. The highest BCUT2D eigenvalue weighted by molar-refractivity contribution is 6.17. The van der Waals surface area contributed by atoms with E-state index in [-0.39, 0.29) is 18.0 Å². The summed E-state index contributed by atoms with van der Waals surface area (Å²) in [6, 6.07) is 15.1. The van der Waals surface area contributed by atoms with Gasteiger partial charge < -0.3 is 4.74 Å². The lowest BCUT2D eigenvalue weighted by molar-refractivity contribution is -0.175. The summed E-state index contributed by atoms with van der Waals surface area (Å²) in [4.78, 5) is 15.1. The quantitative estimate of drug-likeness (QED) is 0.269. The fraction of sp³-hybridized carbons (Fsp3) is 0.318. The van der Waals surface area contributed by atoms with Gasteiger partial charge in [-0.25, -0.2) is 14.1 Å². The average molecular weight is 392 g/mol. The first-order valence-electron chi connectivity index (χ1n) is 9.19. The molecule has 6 heteroatoms. The zero-order valence-corrected chi connectivity index (χ0v) is 15.5. The minimum Gasteiger partial charge on any atom is -0.458 e. The third kappa shape index (κ3) is 6.44. The van der Waals surface area contributed by atoms with Crippen molar-refractivity contribution in [2.24, 2.45) is 0 Å². The third-order valence-electron chi connectivity index (χ3n) is 4.25. The lowest BCUT2D eigenvalue weighted by Gasteiger charge is -2.12. The van der Waals surface area contributed by atoms with Gasteiger partial charge in [0.25, 0.3) is 0 Å². The summed E-state index contributed by atoms with van der Waals surface area (Å²) >= 11 is 0. The Labute approximate surface area is 162 Å². The largest absolute Gasteiger partial charge is 0.458 e. The zero-order chi connectivity index (χ0) is 20.2. The number of unbranched alkanes of at least 4 members (excludes halogenated alkanes) is 3. The molecule has 0 radical (unpaired) electrons. The van der Waals surface area contributed by atoms with Crippen molar-refractivity contribution in [3.8, 4) is 5.75 Å². The Balaban J connectivity index is 2.11. The van der Waals surface area contributed by atoms with Gasteiger partial charge in [-0.2, -0.15) is 0 Å². The van der Waals surface area contributed by atoms with Gasteiger partial charge in [-0.1, -0.05) is 55.3 Å². The molecule has 2 aromatic carbocycles. The van der Waals surface area contributed by atoms with Crippen molar-refractivity contribution < 1.29 is 27.8 Å².